The number of nitrogens with one attached hydrogen (secondary N) is 1. The molecule has 0 aliphatic carbocycles. The zero-order valence-corrected chi connectivity index (χ0v) is 22.0. The number of hydrogen-bond acceptors (Lipinski definition) is 4. The summed E-state index contributed by atoms with van der Waals surface area (Å²) in [5.41, 5.74) is 2.31. The second-order valence-electron chi connectivity index (χ2n) is 8.87. The molecule has 38 heavy (non-hydrogen) atoms. The lowest BCUT2D eigenvalue weighted by Crippen LogP contribution is -2.45. The molecular formula is C31H30N2O4S. The van der Waals surface area contributed by atoms with Crippen molar-refractivity contribution in [3.63, 3.8) is 0 Å². The van der Waals surface area contributed by atoms with E-state index in [0.717, 1.165) is 21.7 Å². The van der Waals surface area contributed by atoms with Gasteiger partial charge in [-0.2, -0.15) is 0 Å². The summed E-state index contributed by atoms with van der Waals surface area (Å²) in [5, 5.41) is 3.04. The average Bonchev–Trinajstić information content (AvgIpc) is 2.93. The Morgan fingerprint density at radius 1 is 0.842 bits per heavy atom. The monoisotopic (exact) mass is 526 g/mol. The van der Waals surface area contributed by atoms with Crippen molar-refractivity contribution < 1.29 is 18.0 Å². The lowest BCUT2D eigenvalue weighted by atomic mass is 9.94. The van der Waals surface area contributed by atoms with E-state index in [4.69, 9.17) is 0 Å². The molecule has 1 unspecified atom stereocenters. The molecule has 4 rings (SSSR count). The first-order valence-electron chi connectivity index (χ1n) is 12.5. The van der Waals surface area contributed by atoms with Crippen LogP contribution in [0.15, 0.2) is 109 Å². The third kappa shape index (κ3) is 6.75. The minimum absolute atomic E-state index is 0.153. The van der Waals surface area contributed by atoms with E-state index >= 15 is 0 Å². The Hall–Kier alpha value is -4.23. The summed E-state index contributed by atoms with van der Waals surface area (Å²) in [5.74, 6) is -2.49. The Bertz CT molecular complexity index is 1530. The number of nitrogens with zero attached hydrogens (tertiary/aromatic N) is 1. The molecule has 0 bridgehead atoms. The topological polar surface area (TPSA) is 83.6 Å². The molecule has 1 N–H and O–H groups in total. The van der Waals surface area contributed by atoms with E-state index in [2.05, 4.69) is 4.72 Å². The number of benzene rings is 4. The average molecular weight is 527 g/mol. The second-order valence-corrected chi connectivity index (χ2v) is 10.4. The van der Waals surface area contributed by atoms with E-state index in [1.54, 1.807) is 36.4 Å². The number of anilines is 1. The molecule has 0 aliphatic rings. The van der Waals surface area contributed by atoms with E-state index in [0.29, 0.717) is 24.2 Å². The third-order valence-corrected chi connectivity index (χ3v) is 7.31. The van der Waals surface area contributed by atoms with Gasteiger partial charge in [0, 0.05) is 12.2 Å². The molecule has 0 spiro atoms. The maximum absolute atomic E-state index is 13.7. The Morgan fingerprint density at radius 3 is 2.18 bits per heavy atom. The molecule has 0 saturated heterocycles. The number of aryl methyl sites for hydroxylation is 1. The Labute approximate surface area is 223 Å². The molecular weight excluding hydrogens is 496 g/mol. The van der Waals surface area contributed by atoms with Crippen LogP contribution in [0.25, 0.3) is 16.8 Å². The Kier molecular flexibility index (Phi) is 8.71. The van der Waals surface area contributed by atoms with Crippen molar-refractivity contribution in [3.8, 4) is 0 Å². The first kappa shape index (κ1) is 26.8. The summed E-state index contributed by atoms with van der Waals surface area (Å²) < 4.78 is 27.6. The van der Waals surface area contributed by atoms with Crippen molar-refractivity contribution in [2.45, 2.75) is 19.8 Å². The second kappa shape index (κ2) is 12.3. The molecule has 0 saturated carbocycles. The quantitative estimate of drug-likeness (QED) is 0.274. The van der Waals surface area contributed by atoms with Crippen molar-refractivity contribution in [1.29, 1.82) is 0 Å². The highest BCUT2D eigenvalue weighted by Crippen LogP contribution is 2.24. The van der Waals surface area contributed by atoms with Crippen molar-refractivity contribution >= 4 is 44.4 Å². The molecule has 0 heterocycles. The zero-order chi connectivity index (χ0) is 27.0. The minimum Gasteiger partial charge on any atom is -0.312 e. The van der Waals surface area contributed by atoms with Crippen LogP contribution >= 0.6 is 0 Å². The zero-order valence-electron chi connectivity index (χ0n) is 21.2. The maximum Gasteiger partial charge on any atom is 0.257 e. The molecule has 0 aliphatic heterocycles. The first-order valence-corrected chi connectivity index (χ1v) is 14.1. The number of amides is 2. The summed E-state index contributed by atoms with van der Waals surface area (Å²) in [6.07, 6.45) is 1.99. The molecule has 0 radical (unpaired) electrons. The van der Waals surface area contributed by atoms with Crippen LogP contribution in [-0.4, -0.2) is 26.8 Å². The van der Waals surface area contributed by atoms with Crippen LogP contribution in [0.3, 0.4) is 0 Å². The van der Waals surface area contributed by atoms with Gasteiger partial charge in [0.2, 0.25) is 11.8 Å². The lowest BCUT2D eigenvalue weighted by molar-refractivity contribution is -0.132. The number of hydrogen-bond donors (Lipinski definition) is 1. The Balaban J connectivity index is 1.60. The normalized spacial score (nSPS) is 12.3. The highest BCUT2D eigenvalue weighted by molar-refractivity contribution is 7.93. The standard InChI is InChI=1S/C31H30N2O4S/c1-2-33(27-17-7-4-8-18-27)31(35)29(21-20-26-16-11-15-25-14-9-10-19-28(25)26)30(34)32-38(36,37)23-22-24-12-5-3-6-13-24/h3-19,22-23,29H,2,20-21H2,1H3,(H,32,34). The Morgan fingerprint density at radius 2 is 1.47 bits per heavy atom. The molecule has 6 nitrogen and oxygen atoms in total. The van der Waals surface area contributed by atoms with Crippen LogP contribution < -0.4 is 9.62 Å². The van der Waals surface area contributed by atoms with Gasteiger partial charge in [-0.15, -0.1) is 0 Å². The minimum atomic E-state index is -4.12. The summed E-state index contributed by atoms with van der Waals surface area (Å²) >= 11 is 0. The third-order valence-electron chi connectivity index (χ3n) is 6.33. The van der Waals surface area contributed by atoms with Crippen LogP contribution in [0.2, 0.25) is 0 Å². The smallest absolute Gasteiger partial charge is 0.257 e. The summed E-state index contributed by atoms with van der Waals surface area (Å²) in [4.78, 5) is 28.6. The van der Waals surface area contributed by atoms with Crippen LogP contribution in [0.5, 0.6) is 0 Å². The molecule has 4 aromatic carbocycles. The number of carbonyl (C=O) groups excluding carboxylic acids is 2. The molecule has 1 atom stereocenters. The van der Waals surface area contributed by atoms with Gasteiger partial charge in [0.25, 0.3) is 10.0 Å². The molecule has 0 fully saturated rings. The fraction of sp³-hybridized carbons (Fsp3) is 0.161. The first-order chi connectivity index (χ1) is 18.4. The summed E-state index contributed by atoms with van der Waals surface area (Å²) in [7, 11) is -4.12. The van der Waals surface area contributed by atoms with Crippen LogP contribution in [0.4, 0.5) is 5.69 Å². The van der Waals surface area contributed by atoms with Gasteiger partial charge in [0.1, 0.15) is 5.92 Å². The van der Waals surface area contributed by atoms with Crippen LogP contribution in [0, 0.1) is 5.92 Å². The highest BCUT2D eigenvalue weighted by atomic mass is 32.2. The number of sulfonamides is 1. The SMILES string of the molecule is CCN(C(=O)C(CCc1cccc2ccccc12)C(=O)NS(=O)(=O)C=Cc1ccccc1)c1ccccc1. The van der Waals surface area contributed by atoms with E-state index in [9.17, 15) is 18.0 Å². The van der Waals surface area contributed by atoms with Gasteiger partial charge in [-0.25, -0.2) is 13.1 Å². The molecule has 0 aromatic heterocycles. The van der Waals surface area contributed by atoms with Gasteiger partial charge in [0.05, 0.1) is 5.41 Å². The van der Waals surface area contributed by atoms with E-state index in [-0.39, 0.29) is 6.42 Å². The highest BCUT2D eigenvalue weighted by Gasteiger charge is 2.32. The lowest BCUT2D eigenvalue weighted by Gasteiger charge is -2.26. The predicted molar refractivity (Wildman–Crippen MR) is 153 cm³/mol. The van der Waals surface area contributed by atoms with Gasteiger partial charge in [0.15, 0.2) is 0 Å². The van der Waals surface area contributed by atoms with Crippen molar-refractivity contribution in [3.05, 3.63) is 120 Å². The molecule has 7 heteroatoms. The van der Waals surface area contributed by atoms with Crippen LogP contribution in [-0.2, 0) is 26.0 Å². The van der Waals surface area contributed by atoms with Crippen molar-refractivity contribution in [1.82, 2.24) is 4.72 Å². The number of carbonyl (C=O) groups is 2. The number of rotatable bonds is 10. The summed E-state index contributed by atoms with van der Waals surface area (Å²) in [6, 6.07) is 31.8. The van der Waals surface area contributed by atoms with Gasteiger partial charge in [-0.1, -0.05) is 91.0 Å². The van der Waals surface area contributed by atoms with E-state index in [1.165, 1.54) is 11.0 Å². The predicted octanol–water partition coefficient (Wildman–Crippen LogP) is 5.56. The van der Waals surface area contributed by atoms with Crippen molar-refractivity contribution in [2.75, 3.05) is 11.4 Å². The van der Waals surface area contributed by atoms with Crippen molar-refractivity contribution in [2.24, 2.45) is 5.92 Å². The number of fused-ring (bicyclic) bond motifs is 1. The van der Waals surface area contributed by atoms with E-state index < -0.39 is 27.8 Å². The molecule has 194 valence electrons. The van der Waals surface area contributed by atoms with Gasteiger partial charge < -0.3 is 4.90 Å². The fourth-order valence-electron chi connectivity index (χ4n) is 4.42. The van der Waals surface area contributed by atoms with Crippen LogP contribution in [0.1, 0.15) is 24.5 Å². The maximum atomic E-state index is 13.7. The van der Waals surface area contributed by atoms with Gasteiger partial charge in [-0.05, 0) is 59.9 Å². The molecule has 4 aromatic rings. The molecule has 2 amide bonds. The fourth-order valence-corrected chi connectivity index (χ4v) is 5.24. The summed E-state index contributed by atoms with van der Waals surface area (Å²) in [6.45, 7) is 2.16. The largest absolute Gasteiger partial charge is 0.312 e. The van der Waals surface area contributed by atoms with Gasteiger partial charge >= 0.3 is 0 Å². The number of para-hydroxylation sites is 1. The van der Waals surface area contributed by atoms with E-state index in [1.807, 2.05) is 73.7 Å². The van der Waals surface area contributed by atoms with Gasteiger partial charge in [-0.3, -0.25) is 9.59 Å².